The molecule has 0 heterocycles. The van der Waals surface area contributed by atoms with E-state index >= 15 is 0 Å². The normalized spacial score (nSPS) is 11.7. The number of halogens is 1. The Morgan fingerprint density at radius 3 is 2.09 bits per heavy atom. The number of benzene rings is 3. The molecular weight excluding hydrogens is 488 g/mol. The van der Waals surface area contributed by atoms with Gasteiger partial charge in [-0.15, -0.1) is 0 Å². The number of sulfonamides is 1. The molecule has 0 unspecified atom stereocenters. The molecule has 168 valence electrons. The molecule has 32 heavy (non-hydrogen) atoms. The first-order valence-corrected chi connectivity index (χ1v) is 12.6. The Kier molecular flexibility index (Phi) is 7.87. The maximum absolute atomic E-state index is 13.4. The lowest BCUT2D eigenvalue weighted by molar-refractivity contribution is -0.116. The van der Waals surface area contributed by atoms with Gasteiger partial charge in [0.1, 0.15) is 0 Å². The van der Waals surface area contributed by atoms with E-state index in [-0.39, 0.29) is 18.0 Å². The van der Waals surface area contributed by atoms with E-state index in [1.807, 2.05) is 55.5 Å². The van der Waals surface area contributed by atoms with E-state index in [0.29, 0.717) is 11.6 Å². The molecule has 0 bridgehead atoms. The fraction of sp³-hybridized carbons (Fsp3) is 0.240. The minimum atomic E-state index is -3.87. The summed E-state index contributed by atoms with van der Waals surface area (Å²) in [7, 11) is -3.87. The van der Waals surface area contributed by atoms with Crippen molar-refractivity contribution in [1.82, 2.24) is 4.31 Å². The summed E-state index contributed by atoms with van der Waals surface area (Å²) in [5.74, 6) is -0.00380. The van der Waals surface area contributed by atoms with Crippen LogP contribution in [0.15, 0.2) is 82.2 Å². The highest BCUT2D eigenvalue weighted by Gasteiger charge is 2.27. The number of nitrogens with zero attached hydrogens (tertiary/aromatic N) is 1. The quantitative estimate of drug-likeness (QED) is 0.418. The van der Waals surface area contributed by atoms with Gasteiger partial charge in [0, 0.05) is 16.7 Å². The van der Waals surface area contributed by atoms with Gasteiger partial charge in [0.15, 0.2) is 0 Å². The molecule has 0 saturated carbocycles. The summed E-state index contributed by atoms with van der Waals surface area (Å²) < 4.78 is 28.8. The Morgan fingerprint density at radius 2 is 1.53 bits per heavy atom. The van der Waals surface area contributed by atoms with E-state index < -0.39 is 15.9 Å². The Labute approximate surface area is 198 Å². The molecule has 1 amide bonds. The van der Waals surface area contributed by atoms with E-state index in [4.69, 9.17) is 0 Å². The lowest BCUT2D eigenvalue weighted by Gasteiger charge is -2.22. The number of anilines is 1. The Hall–Kier alpha value is -2.48. The van der Waals surface area contributed by atoms with Gasteiger partial charge in [-0.1, -0.05) is 71.7 Å². The first kappa shape index (κ1) is 24.2. The monoisotopic (exact) mass is 514 g/mol. The highest BCUT2D eigenvalue weighted by atomic mass is 79.9. The molecule has 0 radical (unpaired) electrons. The third-order valence-electron chi connectivity index (χ3n) is 5.11. The fourth-order valence-electron chi connectivity index (χ4n) is 3.19. The Morgan fingerprint density at radius 1 is 0.938 bits per heavy atom. The van der Waals surface area contributed by atoms with E-state index in [1.54, 1.807) is 24.3 Å². The number of carbonyl (C=O) groups excluding carboxylic acids is 1. The average molecular weight is 515 g/mol. The highest BCUT2D eigenvalue weighted by Crippen LogP contribution is 2.21. The maximum Gasteiger partial charge on any atom is 0.243 e. The number of hydrogen-bond donors (Lipinski definition) is 1. The number of nitrogens with one attached hydrogen (secondary N) is 1. The van der Waals surface area contributed by atoms with Crippen molar-refractivity contribution in [3.8, 4) is 0 Å². The molecule has 3 rings (SSSR count). The lowest BCUT2D eigenvalue weighted by atomic mass is 10.0. The molecule has 0 aromatic heterocycles. The second-order valence-electron chi connectivity index (χ2n) is 8.04. The van der Waals surface area contributed by atoms with Crippen molar-refractivity contribution >= 4 is 37.5 Å². The van der Waals surface area contributed by atoms with Crippen molar-refractivity contribution < 1.29 is 13.2 Å². The van der Waals surface area contributed by atoms with Crippen LogP contribution < -0.4 is 5.32 Å². The smallest absolute Gasteiger partial charge is 0.243 e. The first-order chi connectivity index (χ1) is 15.1. The van der Waals surface area contributed by atoms with E-state index in [1.165, 1.54) is 9.87 Å². The summed E-state index contributed by atoms with van der Waals surface area (Å²) >= 11 is 3.39. The number of carbonyl (C=O) groups is 1. The van der Waals surface area contributed by atoms with Gasteiger partial charge in [-0.25, -0.2) is 8.42 Å². The van der Waals surface area contributed by atoms with Crippen LogP contribution in [-0.2, 0) is 21.4 Å². The summed E-state index contributed by atoms with van der Waals surface area (Å²) in [6.07, 6.45) is 0. The van der Waals surface area contributed by atoms with Gasteiger partial charge in [0.2, 0.25) is 15.9 Å². The molecule has 7 heteroatoms. The second-order valence-corrected chi connectivity index (χ2v) is 10.9. The van der Waals surface area contributed by atoms with Crippen LogP contribution >= 0.6 is 15.9 Å². The van der Waals surface area contributed by atoms with Gasteiger partial charge in [0.25, 0.3) is 0 Å². The zero-order valence-corrected chi connectivity index (χ0v) is 20.8. The molecule has 0 fully saturated rings. The average Bonchev–Trinajstić information content (AvgIpc) is 2.75. The molecule has 0 aliphatic heterocycles. The zero-order chi connectivity index (χ0) is 23.3. The van der Waals surface area contributed by atoms with Gasteiger partial charge < -0.3 is 5.32 Å². The Balaban J connectivity index is 1.83. The third-order valence-corrected chi connectivity index (χ3v) is 7.45. The van der Waals surface area contributed by atoms with Gasteiger partial charge >= 0.3 is 0 Å². The third kappa shape index (κ3) is 6.28. The molecule has 3 aromatic carbocycles. The molecule has 5 nitrogen and oxygen atoms in total. The fourth-order valence-corrected chi connectivity index (χ4v) is 4.84. The van der Waals surface area contributed by atoms with Crippen molar-refractivity contribution in [2.75, 3.05) is 11.9 Å². The Bertz CT molecular complexity index is 1160. The number of amides is 1. The SMILES string of the molecule is Cc1ccc(S(=O)(=O)N(CC(=O)Nc2ccc(C(C)C)cc2)Cc2ccc(Br)cc2)cc1. The summed E-state index contributed by atoms with van der Waals surface area (Å²) in [5, 5.41) is 2.81. The molecule has 0 aliphatic rings. The minimum absolute atomic E-state index is 0.0865. The van der Waals surface area contributed by atoms with Crippen LogP contribution in [0.4, 0.5) is 5.69 Å². The predicted molar refractivity (Wildman–Crippen MR) is 132 cm³/mol. The molecule has 0 aliphatic carbocycles. The number of hydrogen-bond acceptors (Lipinski definition) is 3. The predicted octanol–water partition coefficient (Wildman–Crippen LogP) is 5.71. The minimum Gasteiger partial charge on any atom is -0.325 e. The van der Waals surface area contributed by atoms with Crippen LogP contribution in [0.1, 0.15) is 36.5 Å². The van der Waals surface area contributed by atoms with Crippen molar-refractivity contribution in [3.05, 3.63) is 94.0 Å². The van der Waals surface area contributed by atoms with Crippen LogP contribution in [0.5, 0.6) is 0 Å². The van der Waals surface area contributed by atoms with Gasteiger partial charge in [0.05, 0.1) is 11.4 Å². The van der Waals surface area contributed by atoms with E-state index in [2.05, 4.69) is 35.1 Å². The summed E-state index contributed by atoms with van der Waals surface area (Å²) in [6, 6.07) is 21.6. The summed E-state index contributed by atoms with van der Waals surface area (Å²) in [4.78, 5) is 13.0. The van der Waals surface area contributed by atoms with Gasteiger partial charge in [-0.2, -0.15) is 4.31 Å². The largest absolute Gasteiger partial charge is 0.325 e. The van der Waals surface area contributed by atoms with Gasteiger partial charge in [-0.05, 0) is 60.4 Å². The number of rotatable bonds is 8. The number of aryl methyl sites for hydroxylation is 1. The zero-order valence-electron chi connectivity index (χ0n) is 18.4. The van der Waals surface area contributed by atoms with Crippen molar-refractivity contribution in [2.24, 2.45) is 0 Å². The van der Waals surface area contributed by atoms with Crippen LogP contribution in [0.25, 0.3) is 0 Å². The van der Waals surface area contributed by atoms with E-state index in [9.17, 15) is 13.2 Å². The summed E-state index contributed by atoms with van der Waals surface area (Å²) in [5.41, 5.74) is 3.56. The van der Waals surface area contributed by atoms with Crippen LogP contribution in [0.3, 0.4) is 0 Å². The molecular formula is C25H27BrN2O3S. The molecule has 0 saturated heterocycles. The molecule has 0 atom stereocenters. The van der Waals surface area contributed by atoms with Crippen LogP contribution in [0.2, 0.25) is 0 Å². The second kappa shape index (κ2) is 10.4. The maximum atomic E-state index is 13.4. The van der Waals surface area contributed by atoms with Gasteiger partial charge in [-0.3, -0.25) is 4.79 Å². The lowest BCUT2D eigenvalue weighted by Crippen LogP contribution is -2.37. The summed E-state index contributed by atoms with van der Waals surface area (Å²) in [6.45, 7) is 5.89. The van der Waals surface area contributed by atoms with E-state index in [0.717, 1.165) is 15.6 Å². The highest BCUT2D eigenvalue weighted by molar-refractivity contribution is 9.10. The molecule has 3 aromatic rings. The first-order valence-electron chi connectivity index (χ1n) is 10.4. The van der Waals surface area contributed by atoms with Crippen molar-refractivity contribution in [2.45, 2.75) is 38.1 Å². The van der Waals surface area contributed by atoms with Crippen molar-refractivity contribution in [1.29, 1.82) is 0 Å². The topological polar surface area (TPSA) is 66.5 Å². The molecule has 1 N–H and O–H groups in total. The van der Waals surface area contributed by atoms with Crippen LogP contribution in [-0.4, -0.2) is 25.2 Å². The molecule has 0 spiro atoms. The van der Waals surface area contributed by atoms with Crippen LogP contribution in [0, 0.1) is 6.92 Å². The standard InChI is InChI=1S/C25H27BrN2O3S/c1-18(2)21-8-12-23(13-9-21)27-25(29)17-28(16-20-6-10-22(26)11-7-20)32(30,31)24-14-4-19(3)5-15-24/h4-15,18H,16-17H2,1-3H3,(H,27,29). The van der Waals surface area contributed by atoms with Crippen molar-refractivity contribution in [3.63, 3.8) is 0 Å².